The van der Waals surface area contributed by atoms with E-state index in [1.54, 1.807) is 116 Å². The Labute approximate surface area is 341 Å². The van der Waals surface area contributed by atoms with Gasteiger partial charge in [-0.2, -0.15) is 4.98 Å². The fourth-order valence-corrected chi connectivity index (χ4v) is 6.02. The third-order valence-electron chi connectivity index (χ3n) is 8.98. The molecular formula is C38H55N15O6. The van der Waals surface area contributed by atoms with E-state index in [4.69, 9.17) is 20.9 Å². The molecule has 5 aromatic rings. The standard InChI is InChI=1S/C38H55N15O6/c1-10-58-34(56)31-45-26(19-51(31)7)24(39)11-13-41-32(54)28-15-22(17-49(28)5)43-35-46-27(20-52(35)8)25(40)12-14-42-33(55)29-16-23(18-50(29)6)44-36-47-30(21-53(36)9)48-37(57)59-38(2,3)4/h15-21,24-25H,10-14,39-40H2,1-9H3,(H,41,54)(H,42,55)(H,43,46)(H,44,47)(H,48,57). The molecule has 3 amide bonds. The van der Waals surface area contributed by atoms with Gasteiger partial charge in [0.05, 0.1) is 41.5 Å². The number of nitrogens with one attached hydrogen (secondary N) is 5. The van der Waals surface area contributed by atoms with Crippen LogP contribution in [0.2, 0.25) is 0 Å². The monoisotopic (exact) mass is 817 g/mol. The number of rotatable bonds is 17. The van der Waals surface area contributed by atoms with E-state index in [1.807, 2.05) is 13.2 Å². The third kappa shape index (κ3) is 11.3. The van der Waals surface area contributed by atoms with Crippen LogP contribution in [0.25, 0.3) is 0 Å². The van der Waals surface area contributed by atoms with Gasteiger partial charge in [-0.1, -0.05) is 0 Å². The summed E-state index contributed by atoms with van der Waals surface area (Å²) in [5.74, 6) is 0.350. The highest BCUT2D eigenvalue weighted by molar-refractivity contribution is 5.94. The van der Waals surface area contributed by atoms with Gasteiger partial charge >= 0.3 is 12.1 Å². The fourth-order valence-electron chi connectivity index (χ4n) is 6.02. The first kappa shape index (κ1) is 43.5. The molecule has 0 fully saturated rings. The summed E-state index contributed by atoms with van der Waals surface area (Å²) in [5, 5.41) is 14.8. The zero-order valence-electron chi connectivity index (χ0n) is 34.9. The molecule has 0 saturated carbocycles. The predicted molar refractivity (Wildman–Crippen MR) is 221 cm³/mol. The smallest absolute Gasteiger partial charge is 0.413 e. The van der Waals surface area contributed by atoms with Crippen molar-refractivity contribution in [3.63, 3.8) is 0 Å². The summed E-state index contributed by atoms with van der Waals surface area (Å²) in [6.45, 7) is 7.87. The molecule has 2 atom stereocenters. The Bertz CT molecular complexity index is 2290. The van der Waals surface area contributed by atoms with Gasteiger partial charge in [-0.25, -0.2) is 19.6 Å². The molecule has 318 valence electrons. The van der Waals surface area contributed by atoms with E-state index < -0.39 is 29.7 Å². The van der Waals surface area contributed by atoms with Crippen molar-refractivity contribution in [3.8, 4) is 0 Å². The van der Waals surface area contributed by atoms with Crippen LogP contribution in [0.5, 0.6) is 0 Å². The maximum atomic E-state index is 13.1. The Kier molecular flexibility index (Phi) is 13.5. The number of esters is 1. The van der Waals surface area contributed by atoms with Crippen LogP contribution >= 0.6 is 0 Å². The molecule has 5 heterocycles. The largest absolute Gasteiger partial charge is 0.460 e. The summed E-state index contributed by atoms with van der Waals surface area (Å²) >= 11 is 0. The molecule has 5 aromatic heterocycles. The van der Waals surface area contributed by atoms with E-state index in [1.165, 1.54) is 0 Å². The van der Waals surface area contributed by atoms with Crippen LogP contribution in [0.1, 0.15) is 95.6 Å². The van der Waals surface area contributed by atoms with Crippen LogP contribution in [0.3, 0.4) is 0 Å². The number of imidazole rings is 3. The summed E-state index contributed by atoms with van der Waals surface area (Å²) in [6, 6.07) is 2.44. The minimum Gasteiger partial charge on any atom is -0.460 e. The lowest BCUT2D eigenvalue weighted by Crippen LogP contribution is -2.28. The quantitative estimate of drug-likeness (QED) is 0.0666. The number of ether oxygens (including phenoxy) is 2. The van der Waals surface area contributed by atoms with Gasteiger partial charge in [-0.15, -0.1) is 0 Å². The molecular weight excluding hydrogens is 763 g/mol. The third-order valence-corrected chi connectivity index (χ3v) is 8.98. The average molecular weight is 818 g/mol. The van der Waals surface area contributed by atoms with Gasteiger partial charge in [0.15, 0.2) is 5.82 Å². The number of anilines is 5. The van der Waals surface area contributed by atoms with Crippen molar-refractivity contribution < 1.29 is 28.7 Å². The number of hydrogen-bond donors (Lipinski definition) is 7. The van der Waals surface area contributed by atoms with E-state index in [0.29, 0.717) is 71.3 Å². The Morgan fingerprint density at radius 1 is 0.695 bits per heavy atom. The molecule has 5 rings (SSSR count). The van der Waals surface area contributed by atoms with Crippen LogP contribution < -0.4 is 38.1 Å². The van der Waals surface area contributed by atoms with E-state index in [-0.39, 0.29) is 30.8 Å². The number of nitrogens with zero attached hydrogens (tertiary/aromatic N) is 8. The molecule has 0 aliphatic heterocycles. The van der Waals surface area contributed by atoms with Crippen molar-refractivity contribution in [2.24, 2.45) is 46.7 Å². The van der Waals surface area contributed by atoms with Gasteiger partial charge < -0.3 is 65.0 Å². The van der Waals surface area contributed by atoms with Crippen LogP contribution in [0, 0.1) is 0 Å². The molecule has 2 unspecified atom stereocenters. The lowest BCUT2D eigenvalue weighted by Gasteiger charge is -2.18. The van der Waals surface area contributed by atoms with Gasteiger partial charge in [0.2, 0.25) is 17.7 Å². The van der Waals surface area contributed by atoms with Crippen LogP contribution in [0.4, 0.5) is 33.9 Å². The fraction of sp³-hybridized carbons (Fsp3) is 0.447. The van der Waals surface area contributed by atoms with Gasteiger partial charge in [0.25, 0.3) is 11.8 Å². The van der Waals surface area contributed by atoms with Crippen LogP contribution in [0.15, 0.2) is 43.1 Å². The maximum absolute atomic E-state index is 13.1. The lowest BCUT2D eigenvalue weighted by molar-refractivity contribution is 0.0506. The Morgan fingerprint density at radius 3 is 1.71 bits per heavy atom. The van der Waals surface area contributed by atoms with Crippen molar-refractivity contribution in [3.05, 3.63) is 71.7 Å². The van der Waals surface area contributed by atoms with E-state index >= 15 is 0 Å². The van der Waals surface area contributed by atoms with E-state index in [0.717, 1.165) is 0 Å². The van der Waals surface area contributed by atoms with Crippen molar-refractivity contribution in [1.29, 1.82) is 0 Å². The van der Waals surface area contributed by atoms with Gasteiger partial charge in [0.1, 0.15) is 17.0 Å². The molecule has 21 nitrogen and oxygen atoms in total. The Hall–Kier alpha value is -6.61. The molecule has 0 spiro atoms. The first-order valence-electron chi connectivity index (χ1n) is 19.0. The Morgan fingerprint density at radius 2 is 1.19 bits per heavy atom. The number of aryl methyl sites for hydroxylation is 5. The first-order valence-corrected chi connectivity index (χ1v) is 19.0. The highest BCUT2D eigenvalue weighted by Gasteiger charge is 2.21. The zero-order chi connectivity index (χ0) is 43.2. The normalized spacial score (nSPS) is 12.5. The molecule has 21 heteroatoms. The second-order valence-corrected chi connectivity index (χ2v) is 15.1. The van der Waals surface area contributed by atoms with Crippen molar-refractivity contribution in [2.75, 3.05) is 35.6 Å². The van der Waals surface area contributed by atoms with Crippen molar-refractivity contribution in [1.82, 2.24) is 48.4 Å². The summed E-state index contributed by atoms with van der Waals surface area (Å²) < 4.78 is 18.8. The minimum atomic E-state index is -0.646. The minimum absolute atomic E-state index is 0.166. The maximum Gasteiger partial charge on any atom is 0.413 e. The number of hydrogen-bond acceptors (Lipinski definition) is 13. The Balaban J connectivity index is 1.08. The SMILES string of the molecule is CCOC(=O)c1nc(C(N)CCNC(=O)c2cc(Nc3nc(C(N)CCNC(=O)c4cc(Nc5nc(NC(=O)OC(C)(C)C)cn5C)cn4C)cn3C)cn2C)cn1C. The number of nitrogens with two attached hydrogens (primary N) is 2. The van der Waals surface area contributed by atoms with E-state index in [9.17, 15) is 19.2 Å². The molecule has 9 N–H and O–H groups in total. The number of carbonyl (C=O) groups excluding carboxylic acids is 4. The average Bonchev–Trinajstić information content (AvgIpc) is 3.96. The molecule has 0 aliphatic carbocycles. The molecule has 0 saturated heterocycles. The van der Waals surface area contributed by atoms with Crippen LogP contribution in [-0.4, -0.2) is 87.0 Å². The van der Waals surface area contributed by atoms with Crippen molar-refractivity contribution in [2.45, 2.75) is 58.2 Å². The number of aromatic nitrogens is 8. The molecule has 0 aliphatic rings. The zero-order valence-corrected chi connectivity index (χ0v) is 34.9. The molecule has 0 aromatic carbocycles. The van der Waals surface area contributed by atoms with Gasteiger partial charge in [-0.05, 0) is 52.7 Å². The summed E-state index contributed by atoms with van der Waals surface area (Å²) in [4.78, 5) is 63.8. The van der Waals surface area contributed by atoms with Gasteiger partial charge in [0, 0.05) is 79.3 Å². The molecule has 0 radical (unpaired) electrons. The summed E-state index contributed by atoms with van der Waals surface area (Å²) in [5.41, 5.74) is 15.4. The predicted octanol–water partition coefficient (Wildman–Crippen LogP) is 3.21. The highest BCUT2D eigenvalue weighted by atomic mass is 16.6. The first-order chi connectivity index (χ1) is 27.8. The summed E-state index contributed by atoms with van der Waals surface area (Å²) in [6.07, 6.45) is 8.88. The lowest BCUT2D eigenvalue weighted by atomic mass is 10.1. The highest BCUT2D eigenvalue weighted by Crippen LogP contribution is 2.23. The number of amides is 3. The summed E-state index contributed by atoms with van der Waals surface area (Å²) in [7, 11) is 8.82. The van der Waals surface area contributed by atoms with E-state index in [2.05, 4.69) is 41.5 Å². The topological polar surface area (TPSA) is 262 Å². The van der Waals surface area contributed by atoms with Crippen LogP contribution in [-0.2, 0) is 44.7 Å². The number of carbonyl (C=O) groups is 4. The second kappa shape index (κ2) is 18.3. The molecule has 59 heavy (non-hydrogen) atoms. The van der Waals surface area contributed by atoms with Gasteiger partial charge in [-0.3, -0.25) is 14.9 Å². The molecule has 0 bridgehead atoms. The second-order valence-electron chi connectivity index (χ2n) is 15.1. The van der Waals surface area contributed by atoms with Crippen molar-refractivity contribution >= 4 is 53.0 Å².